The van der Waals surface area contributed by atoms with Crippen molar-refractivity contribution in [2.75, 3.05) is 0 Å². The maximum absolute atomic E-state index is 12.3. The van der Waals surface area contributed by atoms with Gasteiger partial charge in [-0.1, -0.05) is 38.5 Å². The maximum atomic E-state index is 12.3. The van der Waals surface area contributed by atoms with Gasteiger partial charge in [0.2, 0.25) is 0 Å². The number of nitrogens with one attached hydrogen (secondary N) is 2. The van der Waals surface area contributed by atoms with E-state index < -0.39 is 23.5 Å². The van der Waals surface area contributed by atoms with E-state index in [0.717, 1.165) is 0 Å². The molecular weight excluding hydrogens is 286 g/mol. The second kappa shape index (κ2) is 6.38. The second-order valence-corrected chi connectivity index (χ2v) is 5.10. The average molecular weight is 302 g/mol. The van der Waals surface area contributed by atoms with E-state index in [-0.39, 0.29) is 11.6 Å². The highest BCUT2D eigenvalue weighted by Gasteiger charge is 2.22. The van der Waals surface area contributed by atoms with Crippen molar-refractivity contribution in [1.29, 1.82) is 0 Å². The number of aromatic nitrogens is 2. The van der Waals surface area contributed by atoms with Gasteiger partial charge < -0.3 is 15.2 Å². The fourth-order valence-electron chi connectivity index (χ4n) is 2.17. The van der Waals surface area contributed by atoms with Crippen LogP contribution in [0.3, 0.4) is 0 Å². The summed E-state index contributed by atoms with van der Waals surface area (Å²) in [5.74, 6) is -2.30. The van der Waals surface area contributed by atoms with Gasteiger partial charge in [0.15, 0.2) is 5.69 Å². The number of fused-ring (bicyclic) bond motifs is 1. The molecule has 0 radical (unpaired) electrons. The minimum absolute atomic E-state index is 0.0234. The Morgan fingerprint density at radius 3 is 2.55 bits per heavy atom. The molecule has 0 aliphatic heterocycles. The van der Waals surface area contributed by atoms with Crippen LogP contribution in [0.15, 0.2) is 29.1 Å². The number of amides is 1. The number of carbonyl (C=O) groups excluding carboxylic acids is 2. The number of aliphatic carboxylic acids is 1. The third kappa shape index (κ3) is 2.98. The molecule has 2 atom stereocenters. The fraction of sp³-hybridized carbons (Fsp3) is 0.333. The predicted octanol–water partition coefficient (Wildman–Crippen LogP) is -0.183. The molecule has 116 valence electrons. The first-order valence-electron chi connectivity index (χ1n) is 6.94. The first-order chi connectivity index (χ1) is 10.5. The lowest BCUT2D eigenvalue weighted by molar-refractivity contribution is -0.309. The number of hydrogen-bond donors (Lipinski definition) is 2. The highest BCUT2D eigenvalue weighted by Crippen LogP contribution is 2.13. The topological polar surface area (TPSA) is 115 Å². The van der Waals surface area contributed by atoms with Crippen LogP contribution >= 0.6 is 0 Å². The first-order valence-corrected chi connectivity index (χ1v) is 6.94. The number of carbonyl (C=O) groups is 2. The van der Waals surface area contributed by atoms with Crippen molar-refractivity contribution in [1.82, 2.24) is 15.5 Å². The van der Waals surface area contributed by atoms with Crippen molar-refractivity contribution in [3.05, 3.63) is 40.3 Å². The predicted molar refractivity (Wildman–Crippen MR) is 78.1 cm³/mol. The van der Waals surface area contributed by atoms with Crippen LogP contribution in [-0.4, -0.2) is 28.1 Å². The molecule has 0 aliphatic rings. The summed E-state index contributed by atoms with van der Waals surface area (Å²) in [4.78, 5) is 35.2. The van der Waals surface area contributed by atoms with Gasteiger partial charge in [-0.3, -0.25) is 9.59 Å². The van der Waals surface area contributed by atoms with Crippen molar-refractivity contribution in [2.45, 2.75) is 26.3 Å². The van der Waals surface area contributed by atoms with Crippen molar-refractivity contribution in [3.63, 3.8) is 0 Å². The Labute approximate surface area is 126 Å². The van der Waals surface area contributed by atoms with Crippen LogP contribution < -0.4 is 16.0 Å². The molecule has 2 aromatic rings. The lowest BCUT2D eigenvalue weighted by Crippen LogP contribution is -2.51. The van der Waals surface area contributed by atoms with Gasteiger partial charge in [0.1, 0.15) is 0 Å². The highest BCUT2D eigenvalue weighted by atomic mass is 16.4. The van der Waals surface area contributed by atoms with Crippen LogP contribution in [0.1, 0.15) is 30.8 Å². The van der Waals surface area contributed by atoms with Crippen LogP contribution in [0.4, 0.5) is 0 Å². The zero-order valence-electron chi connectivity index (χ0n) is 12.3. The van der Waals surface area contributed by atoms with Crippen molar-refractivity contribution in [2.24, 2.45) is 5.92 Å². The first kappa shape index (κ1) is 15.7. The molecule has 1 aromatic carbocycles. The molecule has 1 heterocycles. The van der Waals surface area contributed by atoms with Crippen LogP contribution in [0, 0.1) is 5.92 Å². The van der Waals surface area contributed by atoms with Gasteiger partial charge in [0.05, 0.1) is 17.4 Å². The third-order valence-corrected chi connectivity index (χ3v) is 3.66. The lowest BCUT2D eigenvalue weighted by Gasteiger charge is -2.25. The van der Waals surface area contributed by atoms with Gasteiger partial charge in [-0.05, 0) is 12.0 Å². The molecular formula is C15H16N3O4-. The zero-order chi connectivity index (χ0) is 16.3. The van der Waals surface area contributed by atoms with Gasteiger partial charge in [-0.25, -0.2) is 5.10 Å². The molecule has 0 fully saturated rings. The number of carboxylic acids is 1. The minimum Gasteiger partial charge on any atom is -0.548 e. The molecule has 0 spiro atoms. The Hall–Kier alpha value is -2.70. The molecule has 2 N–H and O–H groups in total. The summed E-state index contributed by atoms with van der Waals surface area (Å²) in [5.41, 5.74) is -0.435. The van der Waals surface area contributed by atoms with E-state index in [9.17, 15) is 19.5 Å². The molecule has 0 saturated carbocycles. The smallest absolute Gasteiger partial charge is 0.272 e. The van der Waals surface area contributed by atoms with Crippen molar-refractivity contribution >= 4 is 22.6 Å². The summed E-state index contributed by atoms with van der Waals surface area (Å²) in [6.07, 6.45) is 0.568. The SMILES string of the molecule is CC[C@@H](C)[C@@H](NC(=O)c1n[nH]c(=O)c2ccccc12)C(=O)[O-]. The molecule has 22 heavy (non-hydrogen) atoms. The molecule has 7 heteroatoms. The Bertz CT molecular complexity index is 769. The van der Waals surface area contributed by atoms with Gasteiger partial charge in [0.25, 0.3) is 11.5 Å². The Kier molecular flexibility index (Phi) is 4.55. The van der Waals surface area contributed by atoms with E-state index in [1.54, 1.807) is 31.2 Å². The molecule has 2 rings (SSSR count). The summed E-state index contributed by atoms with van der Waals surface area (Å²) >= 11 is 0. The standard InChI is InChI=1S/C15H17N3O4/c1-3-8(2)11(15(21)22)16-14(20)12-9-6-4-5-7-10(9)13(19)18-17-12/h4-8,11H,3H2,1-2H3,(H,16,20)(H,18,19)(H,21,22)/p-1/t8-,11-/m1/s1. The van der Waals surface area contributed by atoms with Gasteiger partial charge in [-0.15, -0.1) is 0 Å². The Morgan fingerprint density at radius 2 is 1.95 bits per heavy atom. The van der Waals surface area contributed by atoms with Crippen LogP contribution in [0.2, 0.25) is 0 Å². The van der Waals surface area contributed by atoms with Gasteiger partial charge in [-0.2, -0.15) is 5.10 Å². The number of aromatic amines is 1. The largest absolute Gasteiger partial charge is 0.548 e. The van der Waals surface area contributed by atoms with Crippen molar-refractivity contribution < 1.29 is 14.7 Å². The van der Waals surface area contributed by atoms with Crippen molar-refractivity contribution in [3.8, 4) is 0 Å². The number of benzene rings is 1. The number of H-pyrrole nitrogens is 1. The van der Waals surface area contributed by atoms with Gasteiger partial charge >= 0.3 is 0 Å². The van der Waals surface area contributed by atoms with E-state index >= 15 is 0 Å². The Balaban J connectivity index is 2.40. The minimum atomic E-state index is -1.35. The van der Waals surface area contributed by atoms with Crippen LogP contribution in [0.25, 0.3) is 10.8 Å². The summed E-state index contributed by atoms with van der Waals surface area (Å²) < 4.78 is 0. The summed E-state index contributed by atoms with van der Waals surface area (Å²) in [6.45, 7) is 3.53. The second-order valence-electron chi connectivity index (χ2n) is 5.10. The number of hydrogen-bond acceptors (Lipinski definition) is 5. The van der Waals surface area contributed by atoms with E-state index in [1.165, 1.54) is 0 Å². The van der Waals surface area contributed by atoms with Gasteiger partial charge in [0, 0.05) is 5.39 Å². The molecule has 0 bridgehead atoms. The highest BCUT2D eigenvalue weighted by molar-refractivity contribution is 6.05. The van der Waals surface area contributed by atoms with Crippen LogP contribution in [-0.2, 0) is 4.79 Å². The lowest BCUT2D eigenvalue weighted by atomic mass is 9.99. The van der Waals surface area contributed by atoms with E-state index in [4.69, 9.17) is 0 Å². The summed E-state index contributed by atoms with van der Waals surface area (Å²) in [5, 5.41) is 20.3. The normalized spacial score (nSPS) is 13.5. The fourth-order valence-corrected chi connectivity index (χ4v) is 2.17. The third-order valence-electron chi connectivity index (χ3n) is 3.66. The number of rotatable bonds is 5. The van der Waals surface area contributed by atoms with E-state index in [2.05, 4.69) is 15.5 Å². The molecule has 1 amide bonds. The Morgan fingerprint density at radius 1 is 1.32 bits per heavy atom. The average Bonchev–Trinajstić information content (AvgIpc) is 2.52. The number of nitrogens with zero attached hydrogens (tertiary/aromatic N) is 1. The van der Waals surface area contributed by atoms with E-state index in [1.807, 2.05) is 6.92 Å². The quantitative estimate of drug-likeness (QED) is 0.795. The number of carboxylic acid groups (broad SMARTS) is 1. The van der Waals surface area contributed by atoms with Crippen LogP contribution in [0.5, 0.6) is 0 Å². The maximum Gasteiger partial charge on any atom is 0.272 e. The summed E-state index contributed by atoms with van der Waals surface area (Å²) in [7, 11) is 0. The molecule has 0 unspecified atom stereocenters. The summed E-state index contributed by atoms with van der Waals surface area (Å²) in [6, 6.07) is 5.37. The van der Waals surface area contributed by atoms with E-state index in [0.29, 0.717) is 17.2 Å². The zero-order valence-corrected chi connectivity index (χ0v) is 12.3. The monoisotopic (exact) mass is 302 g/mol. The molecule has 7 nitrogen and oxygen atoms in total. The molecule has 0 saturated heterocycles. The molecule has 1 aromatic heterocycles. The molecule has 0 aliphatic carbocycles.